The van der Waals surface area contributed by atoms with Crippen molar-refractivity contribution in [1.82, 2.24) is 5.32 Å². The van der Waals surface area contributed by atoms with Crippen molar-refractivity contribution in [3.63, 3.8) is 0 Å². The van der Waals surface area contributed by atoms with Crippen LogP contribution in [0.1, 0.15) is 10.4 Å². The van der Waals surface area contributed by atoms with Gasteiger partial charge in [0, 0.05) is 6.54 Å². The zero-order chi connectivity index (χ0) is 12.1. The molecule has 1 aromatic carbocycles. The van der Waals surface area contributed by atoms with Gasteiger partial charge in [-0.2, -0.15) is 0 Å². The smallest absolute Gasteiger partial charge is 0.335 e. The van der Waals surface area contributed by atoms with Crippen LogP contribution < -0.4 is 10.1 Å². The van der Waals surface area contributed by atoms with E-state index in [4.69, 9.17) is 14.6 Å². The SMILES string of the molecule is O=C(O)c1cccc(OCCNC2COC2)c1. The molecule has 1 fully saturated rings. The lowest BCUT2D eigenvalue weighted by Crippen LogP contribution is -2.47. The molecule has 0 radical (unpaired) electrons. The molecule has 0 saturated carbocycles. The van der Waals surface area contributed by atoms with E-state index in [1.807, 2.05) is 0 Å². The highest BCUT2D eigenvalue weighted by Gasteiger charge is 2.16. The Morgan fingerprint density at radius 2 is 2.35 bits per heavy atom. The summed E-state index contributed by atoms with van der Waals surface area (Å²) >= 11 is 0. The van der Waals surface area contributed by atoms with Crippen LogP contribution in [0.3, 0.4) is 0 Å². The van der Waals surface area contributed by atoms with Crippen LogP contribution in [0.4, 0.5) is 0 Å². The number of rotatable bonds is 6. The van der Waals surface area contributed by atoms with Crippen molar-refractivity contribution in [2.45, 2.75) is 6.04 Å². The van der Waals surface area contributed by atoms with Crippen LogP contribution in [0.25, 0.3) is 0 Å². The minimum absolute atomic E-state index is 0.239. The minimum atomic E-state index is -0.944. The van der Waals surface area contributed by atoms with Gasteiger partial charge in [-0.1, -0.05) is 6.07 Å². The Balaban J connectivity index is 1.73. The van der Waals surface area contributed by atoms with Gasteiger partial charge in [-0.25, -0.2) is 4.79 Å². The fraction of sp³-hybridized carbons (Fsp3) is 0.417. The summed E-state index contributed by atoms with van der Waals surface area (Å²) in [6.45, 7) is 2.76. The number of aromatic carboxylic acids is 1. The van der Waals surface area contributed by atoms with Crippen LogP contribution in [-0.4, -0.2) is 43.5 Å². The Labute approximate surface area is 99.3 Å². The maximum atomic E-state index is 10.7. The van der Waals surface area contributed by atoms with Crippen molar-refractivity contribution in [3.8, 4) is 5.75 Å². The normalized spacial score (nSPS) is 15.3. The van der Waals surface area contributed by atoms with Crippen molar-refractivity contribution < 1.29 is 19.4 Å². The zero-order valence-corrected chi connectivity index (χ0v) is 9.39. The van der Waals surface area contributed by atoms with E-state index in [0.29, 0.717) is 18.4 Å². The molecule has 0 aromatic heterocycles. The van der Waals surface area contributed by atoms with Gasteiger partial charge >= 0.3 is 5.97 Å². The third-order valence-corrected chi connectivity index (χ3v) is 2.52. The van der Waals surface area contributed by atoms with Crippen LogP contribution in [-0.2, 0) is 4.74 Å². The first-order valence-corrected chi connectivity index (χ1v) is 5.53. The summed E-state index contributed by atoms with van der Waals surface area (Å²) in [6, 6.07) is 6.92. The third-order valence-electron chi connectivity index (χ3n) is 2.52. The first-order chi connectivity index (χ1) is 8.25. The number of carbonyl (C=O) groups is 1. The molecule has 2 N–H and O–H groups in total. The topological polar surface area (TPSA) is 67.8 Å². The first-order valence-electron chi connectivity index (χ1n) is 5.53. The minimum Gasteiger partial charge on any atom is -0.492 e. The first kappa shape index (κ1) is 11.9. The van der Waals surface area contributed by atoms with Gasteiger partial charge in [0.2, 0.25) is 0 Å². The van der Waals surface area contributed by atoms with Gasteiger partial charge < -0.3 is 19.9 Å². The summed E-state index contributed by atoms with van der Waals surface area (Å²) in [5, 5.41) is 12.1. The summed E-state index contributed by atoms with van der Waals surface area (Å²) in [6.07, 6.45) is 0. The van der Waals surface area contributed by atoms with Crippen LogP contribution in [0.5, 0.6) is 5.75 Å². The van der Waals surface area contributed by atoms with Gasteiger partial charge in [-0.3, -0.25) is 0 Å². The number of hydrogen-bond acceptors (Lipinski definition) is 4. The Bertz CT molecular complexity index is 390. The van der Waals surface area contributed by atoms with Crippen molar-refractivity contribution in [3.05, 3.63) is 29.8 Å². The Kier molecular flexibility index (Phi) is 3.95. The lowest BCUT2D eigenvalue weighted by Gasteiger charge is -2.26. The van der Waals surface area contributed by atoms with Crippen LogP contribution >= 0.6 is 0 Å². The highest BCUT2D eigenvalue weighted by molar-refractivity contribution is 5.87. The van der Waals surface area contributed by atoms with Crippen molar-refractivity contribution in [2.75, 3.05) is 26.4 Å². The Hall–Kier alpha value is -1.59. The molecule has 0 aliphatic carbocycles. The van der Waals surface area contributed by atoms with E-state index in [2.05, 4.69) is 5.32 Å². The molecule has 2 rings (SSSR count). The zero-order valence-electron chi connectivity index (χ0n) is 9.39. The average Bonchev–Trinajstić information content (AvgIpc) is 2.27. The molecule has 92 valence electrons. The summed E-state index contributed by atoms with van der Waals surface area (Å²) < 4.78 is 10.5. The predicted octanol–water partition coefficient (Wildman–Crippen LogP) is 0.752. The molecule has 0 bridgehead atoms. The van der Waals surface area contributed by atoms with Gasteiger partial charge in [0.1, 0.15) is 12.4 Å². The monoisotopic (exact) mass is 237 g/mol. The fourth-order valence-corrected chi connectivity index (χ4v) is 1.50. The maximum absolute atomic E-state index is 10.7. The van der Waals surface area contributed by atoms with E-state index in [-0.39, 0.29) is 5.56 Å². The molecule has 0 atom stereocenters. The van der Waals surface area contributed by atoms with Crippen LogP contribution in [0, 0.1) is 0 Å². The summed E-state index contributed by atoms with van der Waals surface area (Å²) in [5.74, 6) is -0.364. The standard InChI is InChI=1S/C12H15NO4/c14-12(15)9-2-1-3-11(6-9)17-5-4-13-10-7-16-8-10/h1-3,6,10,13H,4-5,7-8H2,(H,14,15). The van der Waals surface area contributed by atoms with Crippen LogP contribution in [0.15, 0.2) is 24.3 Å². The van der Waals surface area contributed by atoms with E-state index in [1.165, 1.54) is 6.07 Å². The quantitative estimate of drug-likeness (QED) is 0.715. The number of hydrogen-bond donors (Lipinski definition) is 2. The Morgan fingerprint density at radius 1 is 1.53 bits per heavy atom. The molecule has 17 heavy (non-hydrogen) atoms. The van der Waals surface area contributed by atoms with E-state index < -0.39 is 5.97 Å². The highest BCUT2D eigenvalue weighted by Crippen LogP contribution is 2.13. The fourth-order valence-electron chi connectivity index (χ4n) is 1.50. The molecule has 0 amide bonds. The van der Waals surface area contributed by atoms with Gasteiger partial charge in [0.15, 0.2) is 0 Å². The van der Waals surface area contributed by atoms with E-state index in [1.54, 1.807) is 18.2 Å². The number of carboxylic acid groups (broad SMARTS) is 1. The molecule has 1 saturated heterocycles. The number of nitrogens with one attached hydrogen (secondary N) is 1. The van der Waals surface area contributed by atoms with E-state index in [9.17, 15) is 4.79 Å². The third kappa shape index (κ3) is 3.44. The van der Waals surface area contributed by atoms with Crippen molar-refractivity contribution >= 4 is 5.97 Å². The molecule has 1 aliphatic heterocycles. The lowest BCUT2D eigenvalue weighted by atomic mass is 10.2. The number of carboxylic acids is 1. The average molecular weight is 237 g/mol. The molecule has 1 heterocycles. The second-order valence-corrected chi connectivity index (χ2v) is 3.87. The summed E-state index contributed by atoms with van der Waals surface area (Å²) in [7, 11) is 0. The molecule has 1 aliphatic rings. The molecule has 0 spiro atoms. The molecular formula is C12H15NO4. The van der Waals surface area contributed by atoms with Crippen molar-refractivity contribution in [1.29, 1.82) is 0 Å². The number of benzene rings is 1. The molecule has 1 aromatic rings. The number of ether oxygens (including phenoxy) is 2. The second kappa shape index (κ2) is 5.65. The second-order valence-electron chi connectivity index (χ2n) is 3.87. The maximum Gasteiger partial charge on any atom is 0.335 e. The highest BCUT2D eigenvalue weighted by atomic mass is 16.5. The van der Waals surface area contributed by atoms with Gasteiger partial charge in [-0.05, 0) is 18.2 Å². The van der Waals surface area contributed by atoms with Gasteiger partial charge in [0.25, 0.3) is 0 Å². The molecule has 5 nitrogen and oxygen atoms in total. The molecular weight excluding hydrogens is 222 g/mol. The largest absolute Gasteiger partial charge is 0.492 e. The predicted molar refractivity (Wildman–Crippen MR) is 61.5 cm³/mol. The van der Waals surface area contributed by atoms with Gasteiger partial charge in [0.05, 0.1) is 24.8 Å². The lowest BCUT2D eigenvalue weighted by molar-refractivity contribution is -0.00596. The van der Waals surface area contributed by atoms with E-state index >= 15 is 0 Å². The van der Waals surface area contributed by atoms with E-state index in [0.717, 1.165) is 19.8 Å². The molecule has 5 heteroatoms. The Morgan fingerprint density at radius 3 is 3.00 bits per heavy atom. The van der Waals surface area contributed by atoms with Gasteiger partial charge in [-0.15, -0.1) is 0 Å². The molecule has 0 unspecified atom stereocenters. The van der Waals surface area contributed by atoms with Crippen LogP contribution in [0.2, 0.25) is 0 Å². The van der Waals surface area contributed by atoms with Crippen molar-refractivity contribution in [2.24, 2.45) is 0 Å². The summed E-state index contributed by atoms with van der Waals surface area (Å²) in [5.41, 5.74) is 0.239. The summed E-state index contributed by atoms with van der Waals surface area (Å²) in [4.78, 5) is 10.7.